The van der Waals surface area contributed by atoms with Crippen molar-refractivity contribution in [2.24, 2.45) is 0 Å². The third-order valence-electron chi connectivity index (χ3n) is 0. The van der Waals surface area contributed by atoms with E-state index >= 15 is 0 Å². The van der Waals surface area contributed by atoms with Crippen molar-refractivity contribution in [1.82, 2.24) is 0 Å². The summed E-state index contributed by atoms with van der Waals surface area (Å²) in [5.74, 6) is 0. The van der Waals surface area contributed by atoms with Gasteiger partial charge in [-0.25, -0.2) is 0 Å². The number of aliphatic hydroxyl groups excluding tert-OH is 1. The van der Waals surface area contributed by atoms with Gasteiger partial charge in [0.05, 0.1) is 0 Å². The second kappa shape index (κ2) is 34.9. The molecule has 30 valence electrons. The summed E-state index contributed by atoms with van der Waals surface area (Å²) in [6, 6.07) is 0. The Morgan fingerprint density at radius 1 is 1.00 bits per heavy atom. The van der Waals surface area contributed by atoms with E-state index in [0.717, 1.165) is 7.11 Å². The van der Waals surface area contributed by atoms with E-state index in [-0.39, 0.29) is 71.7 Å². The van der Waals surface area contributed by atoms with Gasteiger partial charge in [-0.1, -0.05) is 0 Å². The fourth-order valence-corrected chi connectivity index (χ4v) is 0. The Morgan fingerprint density at radius 2 is 1.00 bits per heavy atom. The van der Waals surface area contributed by atoms with Gasteiger partial charge in [-0.05, 0) is 0 Å². The van der Waals surface area contributed by atoms with E-state index < -0.39 is 0 Å². The molecule has 4 heteroatoms. The van der Waals surface area contributed by atoms with Crippen LogP contribution in [0.3, 0.4) is 0 Å². The first kappa shape index (κ1) is 27.1. The number of hydrogen-bond donors (Lipinski definition) is 1. The van der Waals surface area contributed by atoms with Crippen LogP contribution in [0.2, 0.25) is 0 Å². The molecule has 0 saturated carbocycles. The maximum Gasteiger partial charge on any atom is 2.00 e. The van der Waals surface area contributed by atoms with E-state index in [0.29, 0.717) is 0 Å². The van der Waals surface area contributed by atoms with Gasteiger partial charge in [0, 0.05) is 7.11 Å². The smallest absolute Gasteiger partial charge is 1.00 e. The predicted octanol–water partition coefficient (Wildman–Crippen LogP) is -6.76. The standard InChI is InChI=1S/CH4O.2BrH.Ca/c1-2;;;/h2H,1H3;2*1H;/q;;;+2/p-2. The first-order valence-electron chi connectivity index (χ1n) is 0.447. The Balaban J connectivity index is -0.00000000167. The van der Waals surface area contributed by atoms with Gasteiger partial charge in [-0.2, -0.15) is 0 Å². The molecular weight excluding hydrogens is 228 g/mol. The van der Waals surface area contributed by atoms with E-state index in [1.54, 1.807) is 0 Å². The molecule has 0 saturated heterocycles. The number of aliphatic hydroxyl groups is 1. The Morgan fingerprint density at radius 3 is 1.00 bits per heavy atom. The van der Waals surface area contributed by atoms with Gasteiger partial charge in [0.15, 0.2) is 0 Å². The molecule has 0 aromatic carbocycles. The van der Waals surface area contributed by atoms with E-state index in [2.05, 4.69) is 0 Å². The molecule has 0 aliphatic rings. The van der Waals surface area contributed by atoms with Gasteiger partial charge in [0.1, 0.15) is 0 Å². The average molecular weight is 232 g/mol. The van der Waals surface area contributed by atoms with Crippen molar-refractivity contribution in [3.05, 3.63) is 0 Å². The summed E-state index contributed by atoms with van der Waals surface area (Å²) in [7, 11) is 1.00. The zero-order valence-electron chi connectivity index (χ0n) is 2.91. The first-order valence-corrected chi connectivity index (χ1v) is 0.447. The van der Waals surface area contributed by atoms with E-state index in [1.165, 1.54) is 0 Å². The summed E-state index contributed by atoms with van der Waals surface area (Å²) < 4.78 is 0. The summed E-state index contributed by atoms with van der Waals surface area (Å²) in [6.45, 7) is 0. The third kappa shape index (κ3) is 22.7. The second-order valence-corrected chi connectivity index (χ2v) is 0. The van der Waals surface area contributed by atoms with Crippen molar-refractivity contribution in [2.75, 3.05) is 7.11 Å². The molecule has 5 heavy (non-hydrogen) atoms. The van der Waals surface area contributed by atoms with Crippen molar-refractivity contribution in [1.29, 1.82) is 0 Å². The van der Waals surface area contributed by atoms with Gasteiger partial charge >= 0.3 is 37.7 Å². The zero-order valence-corrected chi connectivity index (χ0v) is 8.29. The molecule has 0 bridgehead atoms. The number of rotatable bonds is 0. The Kier molecular flexibility index (Phi) is 189. The van der Waals surface area contributed by atoms with E-state index in [1.807, 2.05) is 0 Å². The van der Waals surface area contributed by atoms with Crippen LogP contribution in [-0.2, 0) is 0 Å². The molecule has 0 fully saturated rings. The van der Waals surface area contributed by atoms with Gasteiger partial charge in [-0.3, -0.25) is 0 Å². The van der Waals surface area contributed by atoms with E-state index in [4.69, 9.17) is 5.11 Å². The normalized spacial score (nSPS) is 1.20. The topological polar surface area (TPSA) is 20.2 Å². The first-order chi connectivity index (χ1) is 1.00. The van der Waals surface area contributed by atoms with Crippen molar-refractivity contribution >= 4 is 37.7 Å². The fourth-order valence-electron chi connectivity index (χ4n) is 0. The molecule has 0 spiro atoms. The Hall–Kier alpha value is 2.18. The van der Waals surface area contributed by atoms with Gasteiger partial charge in [0.25, 0.3) is 0 Å². The maximum atomic E-state index is 7.00. The van der Waals surface area contributed by atoms with Crippen molar-refractivity contribution in [3.8, 4) is 0 Å². The van der Waals surface area contributed by atoms with Crippen LogP contribution < -0.4 is 34.0 Å². The van der Waals surface area contributed by atoms with Crippen LogP contribution in [0.25, 0.3) is 0 Å². The molecule has 0 radical (unpaired) electrons. The zero-order chi connectivity index (χ0) is 2.00. The van der Waals surface area contributed by atoms with Crippen molar-refractivity contribution < 1.29 is 39.1 Å². The monoisotopic (exact) mass is 230 g/mol. The van der Waals surface area contributed by atoms with Crippen LogP contribution in [0.5, 0.6) is 0 Å². The molecule has 0 amide bonds. The van der Waals surface area contributed by atoms with Gasteiger partial charge in [-0.15, -0.1) is 0 Å². The largest absolute Gasteiger partial charge is 2.00 e. The molecule has 0 atom stereocenters. The van der Waals surface area contributed by atoms with Gasteiger partial charge in [0.2, 0.25) is 0 Å². The molecule has 0 aliphatic heterocycles. The van der Waals surface area contributed by atoms with Crippen LogP contribution in [0.15, 0.2) is 0 Å². The minimum atomic E-state index is 0. The summed E-state index contributed by atoms with van der Waals surface area (Å²) in [6.07, 6.45) is 0. The summed E-state index contributed by atoms with van der Waals surface area (Å²) in [5.41, 5.74) is 0. The maximum absolute atomic E-state index is 7.00. The summed E-state index contributed by atoms with van der Waals surface area (Å²) >= 11 is 0. The van der Waals surface area contributed by atoms with Gasteiger partial charge < -0.3 is 39.1 Å². The minimum Gasteiger partial charge on any atom is -1.00 e. The average Bonchev–Trinajstić information content (AvgIpc) is 1.00. The second-order valence-electron chi connectivity index (χ2n) is 0. The molecule has 0 rings (SSSR count). The Labute approximate surface area is 82.7 Å². The van der Waals surface area contributed by atoms with E-state index in [9.17, 15) is 0 Å². The predicted molar refractivity (Wildman–Crippen MR) is 13.9 cm³/mol. The molecule has 0 unspecified atom stereocenters. The Bertz CT molecular complexity index is 9.61. The third-order valence-corrected chi connectivity index (χ3v) is 0. The molecule has 0 aliphatic carbocycles. The molecule has 1 N–H and O–H groups in total. The van der Waals surface area contributed by atoms with Crippen LogP contribution in [0.4, 0.5) is 0 Å². The molecule has 1 nitrogen and oxygen atoms in total. The number of halogens is 2. The van der Waals surface area contributed by atoms with Crippen molar-refractivity contribution in [2.45, 2.75) is 0 Å². The number of hydrogen-bond acceptors (Lipinski definition) is 1. The molecule has 0 aromatic rings. The fraction of sp³-hybridized carbons (Fsp3) is 1.00. The van der Waals surface area contributed by atoms with Crippen LogP contribution in [-0.4, -0.2) is 50.0 Å². The summed E-state index contributed by atoms with van der Waals surface area (Å²) in [5, 5.41) is 7.00. The van der Waals surface area contributed by atoms with Crippen LogP contribution in [0.1, 0.15) is 0 Å². The molecule has 0 heterocycles. The quantitative estimate of drug-likeness (QED) is 0.411. The van der Waals surface area contributed by atoms with Crippen LogP contribution >= 0.6 is 0 Å². The van der Waals surface area contributed by atoms with Crippen LogP contribution in [0, 0.1) is 0 Å². The molecule has 0 aromatic heterocycles. The molecular formula is CH4Br2CaO. The summed E-state index contributed by atoms with van der Waals surface area (Å²) in [4.78, 5) is 0. The SMILES string of the molecule is CO.[Br-].[Br-].[Ca+2]. The van der Waals surface area contributed by atoms with Crippen molar-refractivity contribution in [3.63, 3.8) is 0 Å². The minimum absolute atomic E-state index is 0.